The van der Waals surface area contributed by atoms with Crippen LogP contribution in [0.4, 0.5) is 0 Å². The minimum Gasteiger partial charge on any atom is -0.298 e. The Hall–Kier alpha value is -0.850. The minimum absolute atomic E-state index is 0.569. The molecule has 0 aliphatic heterocycles. The van der Waals surface area contributed by atoms with Gasteiger partial charge >= 0.3 is 0 Å². The SMILES string of the molecule is CC/C=C1\CC[C@@H](C)C=C1C=O. The summed E-state index contributed by atoms with van der Waals surface area (Å²) in [5.74, 6) is 0.569. The van der Waals surface area contributed by atoms with Gasteiger partial charge in [0.25, 0.3) is 0 Å². The van der Waals surface area contributed by atoms with E-state index < -0.39 is 0 Å². The van der Waals surface area contributed by atoms with E-state index in [1.165, 1.54) is 12.0 Å². The van der Waals surface area contributed by atoms with Crippen molar-refractivity contribution < 1.29 is 4.79 Å². The third-order valence-corrected chi connectivity index (χ3v) is 2.28. The van der Waals surface area contributed by atoms with Gasteiger partial charge in [0.2, 0.25) is 0 Å². The maximum Gasteiger partial charge on any atom is 0.150 e. The minimum atomic E-state index is 0.569. The van der Waals surface area contributed by atoms with Crippen LogP contribution in [-0.4, -0.2) is 6.29 Å². The summed E-state index contributed by atoms with van der Waals surface area (Å²) in [5, 5.41) is 0. The lowest BCUT2D eigenvalue weighted by Crippen LogP contribution is -2.04. The molecule has 0 bridgehead atoms. The molecular formula is C11H16O. The molecule has 0 fully saturated rings. The molecular weight excluding hydrogens is 148 g/mol. The van der Waals surface area contributed by atoms with Crippen molar-refractivity contribution in [1.82, 2.24) is 0 Å². The van der Waals surface area contributed by atoms with Gasteiger partial charge in [-0.3, -0.25) is 4.79 Å². The molecule has 0 N–H and O–H groups in total. The van der Waals surface area contributed by atoms with Crippen molar-refractivity contribution in [2.75, 3.05) is 0 Å². The van der Waals surface area contributed by atoms with Crippen LogP contribution < -0.4 is 0 Å². The monoisotopic (exact) mass is 164 g/mol. The van der Waals surface area contributed by atoms with Crippen molar-refractivity contribution in [1.29, 1.82) is 0 Å². The van der Waals surface area contributed by atoms with Gasteiger partial charge in [-0.15, -0.1) is 0 Å². The Kier molecular flexibility index (Phi) is 3.27. The number of carbonyl (C=O) groups is 1. The first-order valence-corrected chi connectivity index (χ1v) is 4.64. The lowest BCUT2D eigenvalue weighted by atomic mass is 9.88. The largest absolute Gasteiger partial charge is 0.298 e. The van der Waals surface area contributed by atoms with Crippen LogP contribution in [0.5, 0.6) is 0 Å². The van der Waals surface area contributed by atoms with Gasteiger partial charge in [-0.2, -0.15) is 0 Å². The van der Waals surface area contributed by atoms with Crippen LogP contribution in [0.2, 0.25) is 0 Å². The average molecular weight is 164 g/mol. The molecule has 0 heterocycles. The van der Waals surface area contributed by atoms with Gasteiger partial charge < -0.3 is 0 Å². The topological polar surface area (TPSA) is 17.1 Å². The molecule has 1 aliphatic carbocycles. The molecule has 0 saturated carbocycles. The van der Waals surface area contributed by atoms with E-state index >= 15 is 0 Å². The molecule has 0 saturated heterocycles. The molecule has 1 heteroatoms. The summed E-state index contributed by atoms with van der Waals surface area (Å²) in [7, 11) is 0. The Balaban J connectivity index is 2.84. The second-order valence-corrected chi connectivity index (χ2v) is 3.39. The first-order valence-electron chi connectivity index (χ1n) is 4.64. The molecule has 1 atom stereocenters. The summed E-state index contributed by atoms with van der Waals surface area (Å²) < 4.78 is 0. The Morgan fingerprint density at radius 3 is 3.00 bits per heavy atom. The number of rotatable bonds is 2. The van der Waals surface area contributed by atoms with E-state index in [0.717, 1.165) is 24.7 Å². The van der Waals surface area contributed by atoms with Gasteiger partial charge in [-0.25, -0.2) is 0 Å². The summed E-state index contributed by atoms with van der Waals surface area (Å²) in [6.07, 6.45) is 8.50. The summed E-state index contributed by atoms with van der Waals surface area (Å²) >= 11 is 0. The second-order valence-electron chi connectivity index (χ2n) is 3.39. The van der Waals surface area contributed by atoms with E-state index in [1.807, 2.05) is 0 Å². The van der Waals surface area contributed by atoms with Gasteiger partial charge in [0.05, 0.1) is 0 Å². The highest BCUT2D eigenvalue weighted by atomic mass is 16.1. The van der Waals surface area contributed by atoms with Crippen molar-refractivity contribution >= 4 is 6.29 Å². The summed E-state index contributed by atoms with van der Waals surface area (Å²) in [6.45, 7) is 4.26. The van der Waals surface area contributed by atoms with E-state index in [2.05, 4.69) is 26.0 Å². The van der Waals surface area contributed by atoms with Crippen LogP contribution in [0.15, 0.2) is 23.3 Å². The van der Waals surface area contributed by atoms with Crippen LogP contribution in [0.25, 0.3) is 0 Å². The Morgan fingerprint density at radius 1 is 1.67 bits per heavy atom. The van der Waals surface area contributed by atoms with Crippen molar-refractivity contribution in [3.8, 4) is 0 Å². The standard InChI is InChI=1S/C11H16O/c1-3-4-10-6-5-9(2)7-11(10)8-12/h4,7-9H,3,5-6H2,1-2H3/b10-4+/t9-/m1/s1. The third-order valence-electron chi connectivity index (χ3n) is 2.28. The molecule has 1 nitrogen and oxygen atoms in total. The van der Waals surface area contributed by atoms with Crippen LogP contribution >= 0.6 is 0 Å². The molecule has 0 aromatic heterocycles. The summed E-state index contributed by atoms with van der Waals surface area (Å²) in [4.78, 5) is 10.7. The van der Waals surface area contributed by atoms with Crippen molar-refractivity contribution in [3.63, 3.8) is 0 Å². The number of hydrogen-bond acceptors (Lipinski definition) is 1. The molecule has 0 amide bonds. The third kappa shape index (κ3) is 2.07. The number of aldehydes is 1. The zero-order chi connectivity index (χ0) is 8.97. The zero-order valence-electron chi connectivity index (χ0n) is 7.84. The predicted octanol–water partition coefficient (Wildman–Crippen LogP) is 2.88. The average Bonchev–Trinajstić information content (AvgIpc) is 2.08. The van der Waals surface area contributed by atoms with Crippen LogP contribution in [0.3, 0.4) is 0 Å². The van der Waals surface area contributed by atoms with Gasteiger partial charge in [0.1, 0.15) is 6.29 Å². The highest BCUT2D eigenvalue weighted by Crippen LogP contribution is 2.26. The fourth-order valence-electron chi connectivity index (χ4n) is 1.61. The van der Waals surface area contributed by atoms with Gasteiger partial charge in [0, 0.05) is 5.57 Å². The number of hydrogen-bond donors (Lipinski definition) is 0. The highest BCUT2D eigenvalue weighted by Gasteiger charge is 2.12. The van der Waals surface area contributed by atoms with E-state index in [4.69, 9.17) is 0 Å². The summed E-state index contributed by atoms with van der Waals surface area (Å²) in [5.41, 5.74) is 2.15. The number of carbonyl (C=O) groups excluding carboxylic acids is 1. The lowest BCUT2D eigenvalue weighted by molar-refractivity contribution is -0.104. The molecule has 0 aromatic carbocycles. The Morgan fingerprint density at radius 2 is 2.42 bits per heavy atom. The molecule has 66 valence electrons. The fourth-order valence-corrected chi connectivity index (χ4v) is 1.61. The van der Waals surface area contributed by atoms with Crippen LogP contribution in [0, 0.1) is 5.92 Å². The van der Waals surface area contributed by atoms with Crippen LogP contribution in [-0.2, 0) is 4.79 Å². The normalized spacial score (nSPS) is 27.0. The quantitative estimate of drug-likeness (QED) is 0.573. The second kappa shape index (κ2) is 4.24. The van der Waals surface area contributed by atoms with Crippen LogP contribution in [0.1, 0.15) is 33.1 Å². The maximum absolute atomic E-state index is 10.7. The van der Waals surface area contributed by atoms with E-state index in [1.54, 1.807) is 0 Å². The highest BCUT2D eigenvalue weighted by molar-refractivity contribution is 5.80. The molecule has 0 unspecified atom stereocenters. The molecule has 1 aliphatic rings. The number of allylic oxidation sites excluding steroid dienone is 4. The summed E-state index contributed by atoms with van der Waals surface area (Å²) in [6, 6.07) is 0. The molecule has 0 spiro atoms. The first-order chi connectivity index (χ1) is 5.77. The zero-order valence-corrected chi connectivity index (χ0v) is 7.84. The van der Waals surface area contributed by atoms with Gasteiger partial charge in [0.15, 0.2) is 0 Å². The smallest absolute Gasteiger partial charge is 0.150 e. The lowest BCUT2D eigenvalue weighted by Gasteiger charge is -2.17. The molecule has 0 aromatic rings. The first kappa shape index (κ1) is 9.24. The van der Waals surface area contributed by atoms with Gasteiger partial charge in [-0.05, 0) is 30.8 Å². The van der Waals surface area contributed by atoms with Crippen molar-refractivity contribution in [3.05, 3.63) is 23.3 Å². The van der Waals surface area contributed by atoms with Crippen molar-refractivity contribution in [2.24, 2.45) is 5.92 Å². The maximum atomic E-state index is 10.7. The Labute approximate surface area is 74.2 Å². The predicted molar refractivity (Wildman–Crippen MR) is 50.9 cm³/mol. The van der Waals surface area contributed by atoms with Gasteiger partial charge in [-0.1, -0.05) is 26.0 Å². The van der Waals surface area contributed by atoms with E-state index in [0.29, 0.717) is 5.92 Å². The Bertz CT molecular complexity index is 223. The van der Waals surface area contributed by atoms with Crippen molar-refractivity contribution in [2.45, 2.75) is 33.1 Å². The molecule has 0 radical (unpaired) electrons. The molecule has 12 heavy (non-hydrogen) atoms. The fraction of sp³-hybridized carbons (Fsp3) is 0.545. The van der Waals surface area contributed by atoms with E-state index in [-0.39, 0.29) is 0 Å². The molecule has 1 rings (SSSR count). The van der Waals surface area contributed by atoms with E-state index in [9.17, 15) is 4.79 Å².